The summed E-state index contributed by atoms with van der Waals surface area (Å²) in [4.78, 5) is 0. The first-order valence-electron chi connectivity index (χ1n) is 5.27. The zero-order valence-electron chi connectivity index (χ0n) is 10.2. The second-order valence-corrected chi connectivity index (χ2v) is 4.76. The Morgan fingerprint density at radius 1 is 1.05 bits per heavy atom. The second-order valence-electron chi connectivity index (χ2n) is 4.32. The zero-order valence-corrected chi connectivity index (χ0v) is 10.9. The first-order valence-corrected chi connectivity index (χ1v) is 5.65. The van der Waals surface area contributed by atoms with E-state index in [1.165, 1.54) is 31.2 Å². The van der Waals surface area contributed by atoms with Crippen molar-refractivity contribution in [3.63, 3.8) is 0 Å². The molecule has 0 saturated carbocycles. The highest BCUT2D eigenvalue weighted by Crippen LogP contribution is 2.45. The Morgan fingerprint density at radius 3 is 1.89 bits per heavy atom. The van der Waals surface area contributed by atoms with Gasteiger partial charge in [0.25, 0.3) is 0 Å². The molecule has 7 heteroatoms. The lowest BCUT2D eigenvalue weighted by Gasteiger charge is -2.33. The van der Waals surface area contributed by atoms with Gasteiger partial charge in [-0.15, -0.1) is 0 Å². The van der Waals surface area contributed by atoms with Crippen LogP contribution < -0.4 is 0 Å². The number of ether oxygens (including phenoxy) is 1. The van der Waals surface area contributed by atoms with Crippen molar-refractivity contribution in [3.8, 4) is 0 Å². The third-order valence-electron chi connectivity index (χ3n) is 2.88. The van der Waals surface area contributed by atoms with E-state index >= 15 is 0 Å². The molecule has 0 spiro atoms. The van der Waals surface area contributed by atoms with Crippen LogP contribution in [0.25, 0.3) is 0 Å². The van der Waals surface area contributed by atoms with Gasteiger partial charge in [-0.2, -0.15) is 22.0 Å². The van der Waals surface area contributed by atoms with Crippen LogP contribution in [-0.2, 0) is 10.3 Å². The third kappa shape index (κ3) is 3.57. The Kier molecular flexibility index (Phi) is 4.47. The van der Waals surface area contributed by atoms with Crippen molar-refractivity contribution in [3.05, 3.63) is 34.9 Å². The molecule has 0 amide bonds. The minimum absolute atomic E-state index is 0.198. The van der Waals surface area contributed by atoms with E-state index in [0.29, 0.717) is 5.02 Å². The number of hydrogen-bond acceptors (Lipinski definition) is 1. The van der Waals surface area contributed by atoms with Gasteiger partial charge in [-0.3, -0.25) is 0 Å². The Morgan fingerprint density at radius 2 is 1.53 bits per heavy atom. The summed E-state index contributed by atoms with van der Waals surface area (Å²) < 4.78 is 67.9. The molecule has 1 aromatic carbocycles. The van der Waals surface area contributed by atoms with Gasteiger partial charge in [0.1, 0.15) is 0 Å². The molecule has 0 aliphatic rings. The molecule has 0 heterocycles. The fraction of sp³-hybridized carbons (Fsp3) is 0.500. The summed E-state index contributed by atoms with van der Waals surface area (Å²) in [7, 11) is 1.08. The number of hydrogen-bond donors (Lipinski definition) is 0. The molecule has 19 heavy (non-hydrogen) atoms. The predicted molar refractivity (Wildman–Crippen MR) is 61.4 cm³/mol. The van der Waals surface area contributed by atoms with Crippen molar-refractivity contribution in [2.75, 3.05) is 7.11 Å². The van der Waals surface area contributed by atoms with Crippen LogP contribution in [0.15, 0.2) is 24.3 Å². The highest BCUT2D eigenvalue weighted by Gasteiger charge is 2.60. The Bertz CT molecular complexity index is 429. The summed E-state index contributed by atoms with van der Waals surface area (Å²) in [5.41, 5.74) is -1.56. The average Bonchev–Trinajstić information content (AvgIpc) is 2.27. The molecule has 1 aromatic rings. The van der Waals surface area contributed by atoms with Gasteiger partial charge >= 0.3 is 12.1 Å². The minimum atomic E-state index is -5.61. The monoisotopic (exact) mass is 302 g/mol. The highest BCUT2D eigenvalue weighted by atomic mass is 35.5. The second kappa shape index (κ2) is 5.25. The summed E-state index contributed by atoms with van der Waals surface area (Å²) in [6, 6.07) is 5.52. The Balaban J connectivity index is 3.08. The lowest BCUT2D eigenvalue weighted by molar-refractivity contribution is -0.298. The maximum atomic E-state index is 13.1. The van der Waals surface area contributed by atoms with Crippen LogP contribution in [0.3, 0.4) is 0 Å². The van der Waals surface area contributed by atoms with E-state index in [4.69, 9.17) is 16.3 Å². The van der Waals surface area contributed by atoms with Crippen molar-refractivity contribution in [1.29, 1.82) is 0 Å². The maximum Gasteiger partial charge on any atom is 0.453 e. The van der Waals surface area contributed by atoms with Crippen molar-refractivity contribution < 1.29 is 26.7 Å². The fourth-order valence-corrected chi connectivity index (χ4v) is 1.74. The molecule has 0 radical (unpaired) electrons. The topological polar surface area (TPSA) is 9.23 Å². The quantitative estimate of drug-likeness (QED) is 0.727. The first kappa shape index (κ1) is 16.2. The smallest absolute Gasteiger partial charge is 0.374 e. The molecule has 0 bridgehead atoms. The summed E-state index contributed by atoms with van der Waals surface area (Å²) in [5.74, 6) is -4.84. The molecule has 108 valence electrons. The molecule has 0 N–H and O–H groups in total. The molecule has 0 aliphatic carbocycles. The lowest BCUT2D eigenvalue weighted by Crippen LogP contribution is -2.43. The van der Waals surface area contributed by atoms with Gasteiger partial charge < -0.3 is 4.74 Å². The summed E-state index contributed by atoms with van der Waals surface area (Å²) in [6.45, 7) is 1.18. The number of benzene rings is 1. The molecule has 1 nitrogen and oxygen atoms in total. The van der Waals surface area contributed by atoms with Crippen LogP contribution >= 0.6 is 11.6 Å². The van der Waals surface area contributed by atoms with E-state index in [2.05, 4.69) is 0 Å². The van der Waals surface area contributed by atoms with Gasteiger partial charge in [-0.1, -0.05) is 23.7 Å². The molecule has 1 atom stereocenters. The van der Waals surface area contributed by atoms with Crippen LogP contribution in [-0.4, -0.2) is 19.2 Å². The summed E-state index contributed by atoms with van der Waals surface area (Å²) in [5, 5.41) is 0.352. The van der Waals surface area contributed by atoms with Gasteiger partial charge in [0.2, 0.25) is 0 Å². The lowest BCUT2D eigenvalue weighted by atomic mass is 9.89. The van der Waals surface area contributed by atoms with E-state index in [1.807, 2.05) is 0 Å². The van der Waals surface area contributed by atoms with E-state index in [-0.39, 0.29) is 5.56 Å². The van der Waals surface area contributed by atoms with Crippen LogP contribution in [0.1, 0.15) is 18.9 Å². The number of rotatable bonds is 4. The van der Waals surface area contributed by atoms with Crippen LogP contribution in [0.4, 0.5) is 22.0 Å². The normalized spacial score (nSPS) is 16.2. The fourth-order valence-electron chi connectivity index (χ4n) is 1.62. The molecular formula is C12H12ClF5O. The van der Waals surface area contributed by atoms with Crippen molar-refractivity contribution in [2.24, 2.45) is 0 Å². The molecular weight excluding hydrogens is 291 g/mol. The zero-order chi connectivity index (χ0) is 14.9. The SMILES string of the molecule is COC(C)(CC(F)(F)C(F)(F)F)c1ccc(Cl)cc1. The number of methoxy groups -OCH3 is 1. The van der Waals surface area contributed by atoms with E-state index in [9.17, 15) is 22.0 Å². The third-order valence-corrected chi connectivity index (χ3v) is 3.13. The van der Waals surface area contributed by atoms with E-state index in [1.54, 1.807) is 0 Å². The summed E-state index contributed by atoms with van der Waals surface area (Å²) >= 11 is 5.64. The Hall–Kier alpha value is -0.880. The molecule has 0 aliphatic heterocycles. The highest BCUT2D eigenvalue weighted by molar-refractivity contribution is 6.30. The van der Waals surface area contributed by atoms with Crippen molar-refractivity contribution in [1.82, 2.24) is 0 Å². The van der Waals surface area contributed by atoms with Gasteiger partial charge in [-0.25, -0.2) is 0 Å². The largest absolute Gasteiger partial charge is 0.453 e. The van der Waals surface area contributed by atoms with Gasteiger partial charge in [0.15, 0.2) is 0 Å². The molecule has 0 saturated heterocycles. The molecule has 0 aromatic heterocycles. The van der Waals surface area contributed by atoms with Crippen LogP contribution in [0.2, 0.25) is 5.02 Å². The molecule has 0 fully saturated rings. The van der Waals surface area contributed by atoms with Gasteiger partial charge in [0.05, 0.1) is 12.0 Å². The van der Waals surface area contributed by atoms with E-state index < -0.39 is 24.1 Å². The van der Waals surface area contributed by atoms with Crippen LogP contribution in [0.5, 0.6) is 0 Å². The Labute approximate surface area is 112 Å². The summed E-state index contributed by atoms with van der Waals surface area (Å²) in [6.07, 6.45) is -7.11. The predicted octanol–water partition coefficient (Wildman–Crippen LogP) is 4.79. The number of alkyl halides is 5. The maximum absolute atomic E-state index is 13.1. The standard InChI is InChI=1S/C12H12ClF5O/c1-10(19-2,7-11(14,15)12(16,17)18)8-3-5-9(13)6-4-8/h3-6H,7H2,1-2H3. The van der Waals surface area contributed by atoms with Gasteiger partial charge in [0, 0.05) is 12.1 Å². The van der Waals surface area contributed by atoms with Gasteiger partial charge in [-0.05, 0) is 24.6 Å². The average molecular weight is 303 g/mol. The van der Waals surface area contributed by atoms with Crippen molar-refractivity contribution in [2.45, 2.75) is 31.0 Å². The van der Waals surface area contributed by atoms with Crippen molar-refractivity contribution >= 4 is 11.6 Å². The molecule has 1 unspecified atom stereocenters. The number of halogens is 6. The minimum Gasteiger partial charge on any atom is -0.374 e. The van der Waals surface area contributed by atoms with Crippen LogP contribution in [0, 0.1) is 0 Å². The molecule has 1 rings (SSSR count). The first-order chi connectivity index (χ1) is 8.52. The van der Waals surface area contributed by atoms with E-state index in [0.717, 1.165) is 7.11 Å².